The van der Waals surface area contributed by atoms with Crippen molar-refractivity contribution in [1.82, 2.24) is 10.3 Å². The van der Waals surface area contributed by atoms with Crippen molar-refractivity contribution in [3.05, 3.63) is 58.5 Å². The maximum atomic E-state index is 14.3. The third kappa shape index (κ3) is 3.93. The zero-order chi connectivity index (χ0) is 14.7. The Labute approximate surface area is 128 Å². The van der Waals surface area contributed by atoms with E-state index in [4.69, 9.17) is 16.3 Å². The highest BCUT2D eigenvalue weighted by Crippen LogP contribution is 2.22. The first-order valence-electron chi connectivity index (χ1n) is 6.96. The fourth-order valence-corrected chi connectivity index (χ4v) is 2.10. The highest BCUT2D eigenvalue weighted by molar-refractivity contribution is 6.30. The molecule has 0 spiro atoms. The molecule has 1 aromatic carbocycles. The van der Waals surface area contributed by atoms with Gasteiger partial charge in [0, 0.05) is 29.4 Å². The van der Waals surface area contributed by atoms with Gasteiger partial charge in [0.25, 0.3) is 5.88 Å². The number of pyridine rings is 1. The van der Waals surface area contributed by atoms with Crippen LogP contribution in [0.5, 0.6) is 5.88 Å². The summed E-state index contributed by atoms with van der Waals surface area (Å²) >= 11 is 5.82. The molecule has 3 rings (SSSR count). The van der Waals surface area contributed by atoms with Gasteiger partial charge in [-0.05, 0) is 36.6 Å². The van der Waals surface area contributed by atoms with Crippen LogP contribution in [0.15, 0.2) is 36.5 Å². The molecule has 1 aliphatic carbocycles. The van der Waals surface area contributed by atoms with Crippen LogP contribution in [0.25, 0.3) is 0 Å². The van der Waals surface area contributed by atoms with Crippen molar-refractivity contribution < 1.29 is 9.13 Å². The van der Waals surface area contributed by atoms with Crippen molar-refractivity contribution >= 4 is 11.6 Å². The van der Waals surface area contributed by atoms with Gasteiger partial charge in [-0.3, -0.25) is 0 Å². The second kappa shape index (κ2) is 6.41. The lowest BCUT2D eigenvalue weighted by Gasteiger charge is -2.10. The average Bonchev–Trinajstić information content (AvgIpc) is 3.31. The van der Waals surface area contributed by atoms with E-state index in [2.05, 4.69) is 10.3 Å². The number of hydrogen-bond acceptors (Lipinski definition) is 3. The van der Waals surface area contributed by atoms with E-state index in [1.54, 1.807) is 24.4 Å². The largest absolute Gasteiger partial charge is 0.471 e. The van der Waals surface area contributed by atoms with E-state index in [-0.39, 0.29) is 18.3 Å². The Morgan fingerprint density at radius 3 is 2.71 bits per heavy atom. The Morgan fingerprint density at radius 2 is 2.00 bits per heavy atom. The van der Waals surface area contributed by atoms with Crippen LogP contribution in [0.4, 0.5) is 4.39 Å². The number of ether oxygens (including phenoxy) is 1. The Hall–Kier alpha value is -1.65. The average molecular weight is 307 g/mol. The van der Waals surface area contributed by atoms with E-state index in [0.717, 1.165) is 5.56 Å². The summed E-state index contributed by atoms with van der Waals surface area (Å²) in [6, 6.07) is 9.47. The Kier molecular flexibility index (Phi) is 4.36. The number of halogens is 2. The van der Waals surface area contributed by atoms with E-state index in [1.165, 1.54) is 12.8 Å². The smallest absolute Gasteiger partial charge is 0.251 e. The lowest BCUT2D eigenvalue weighted by atomic mass is 10.2. The topological polar surface area (TPSA) is 34.2 Å². The quantitative estimate of drug-likeness (QED) is 0.883. The summed E-state index contributed by atoms with van der Waals surface area (Å²) in [5, 5.41) is 3.95. The molecule has 1 aromatic heterocycles. The van der Waals surface area contributed by atoms with Crippen LogP contribution in [-0.2, 0) is 13.2 Å². The standard InChI is InChI=1S/C16H16ClFN2O/c17-13-3-1-11(2-4-13)10-21-16-15(18)12(7-8-19-16)9-20-14-5-6-14/h1-4,7-8,14,20H,5-6,9-10H2. The van der Waals surface area contributed by atoms with Gasteiger partial charge in [0.05, 0.1) is 0 Å². The van der Waals surface area contributed by atoms with Crippen LogP contribution in [0.3, 0.4) is 0 Å². The molecule has 1 N–H and O–H groups in total. The summed E-state index contributed by atoms with van der Waals surface area (Å²) in [6.07, 6.45) is 3.92. The van der Waals surface area contributed by atoms with E-state index in [9.17, 15) is 4.39 Å². The minimum absolute atomic E-state index is 0.0417. The van der Waals surface area contributed by atoms with Crippen molar-refractivity contribution in [2.24, 2.45) is 0 Å². The van der Waals surface area contributed by atoms with Gasteiger partial charge in [-0.1, -0.05) is 23.7 Å². The van der Waals surface area contributed by atoms with Gasteiger partial charge in [0.2, 0.25) is 0 Å². The monoisotopic (exact) mass is 306 g/mol. The van der Waals surface area contributed by atoms with Crippen LogP contribution in [0, 0.1) is 5.82 Å². The summed E-state index contributed by atoms with van der Waals surface area (Å²) in [4.78, 5) is 3.96. The van der Waals surface area contributed by atoms with Gasteiger partial charge in [0.15, 0.2) is 5.82 Å². The molecule has 2 aromatic rings. The first kappa shape index (κ1) is 14.3. The molecule has 1 saturated carbocycles. The molecule has 1 aliphatic rings. The Morgan fingerprint density at radius 1 is 1.24 bits per heavy atom. The molecule has 21 heavy (non-hydrogen) atoms. The van der Waals surface area contributed by atoms with E-state index in [0.29, 0.717) is 23.2 Å². The molecule has 0 unspecified atom stereocenters. The molecule has 0 amide bonds. The fourth-order valence-electron chi connectivity index (χ4n) is 1.97. The van der Waals surface area contributed by atoms with Gasteiger partial charge in [0.1, 0.15) is 6.61 Å². The molecule has 0 atom stereocenters. The molecule has 1 fully saturated rings. The number of nitrogens with one attached hydrogen (secondary N) is 1. The van der Waals surface area contributed by atoms with Gasteiger partial charge < -0.3 is 10.1 Å². The first-order chi connectivity index (χ1) is 10.2. The predicted octanol–water partition coefficient (Wildman–Crippen LogP) is 3.71. The molecule has 3 nitrogen and oxygen atoms in total. The number of benzene rings is 1. The SMILES string of the molecule is Fc1c(CNC2CC2)ccnc1OCc1ccc(Cl)cc1. The summed E-state index contributed by atoms with van der Waals surface area (Å²) in [5.74, 6) is -0.348. The number of aromatic nitrogens is 1. The lowest BCUT2D eigenvalue weighted by molar-refractivity contribution is 0.276. The number of hydrogen-bond donors (Lipinski definition) is 1. The zero-order valence-electron chi connectivity index (χ0n) is 11.5. The second-order valence-corrected chi connectivity index (χ2v) is 5.60. The van der Waals surface area contributed by atoms with Crippen molar-refractivity contribution in [3.8, 4) is 5.88 Å². The van der Waals surface area contributed by atoms with Crippen LogP contribution < -0.4 is 10.1 Å². The van der Waals surface area contributed by atoms with Crippen molar-refractivity contribution in [2.45, 2.75) is 32.0 Å². The molecular weight excluding hydrogens is 291 g/mol. The van der Waals surface area contributed by atoms with Gasteiger partial charge >= 0.3 is 0 Å². The van der Waals surface area contributed by atoms with E-state index >= 15 is 0 Å². The Bertz CT molecular complexity index is 614. The van der Waals surface area contributed by atoms with Gasteiger partial charge in [-0.25, -0.2) is 9.37 Å². The molecule has 0 bridgehead atoms. The second-order valence-electron chi connectivity index (χ2n) is 5.16. The predicted molar refractivity (Wildman–Crippen MR) is 79.8 cm³/mol. The summed E-state index contributed by atoms with van der Waals surface area (Å²) in [7, 11) is 0. The molecule has 1 heterocycles. The van der Waals surface area contributed by atoms with Gasteiger partial charge in [-0.2, -0.15) is 0 Å². The third-order valence-corrected chi connectivity index (χ3v) is 3.64. The summed E-state index contributed by atoms with van der Waals surface area (Å²) in [5.41, 5.74) is 1.50. The van der Waals surface area contributed by atoms with Crippen molar-refractivity contribution in [2.75, 3.05) is 0 Å². The van der Waals surface area contributed by atoms with Crippen LogP contribution in [0.1, 0.15) is 24.0 Å². The fraction of sp³-hybridized carbons (Fsp3) is 0.312. The van der Waals surface area contributed by atoms with E-state index in [1.807, 2.05) is 12.1 Å². The highest BCUT2D eigenvalue weighted by atomic mass is 35.5. The van der Waals surface area contributed by atoms with Crippen LogP contribution >= 0.6 is 11.6 Å². The van der Waals surface area contributed by atoms with Gasteiger partial charge in [-0.15, -0.1) is 0 Å². The summed E-state index contributed by atoms with van der Waals surface area (Å²) in [6.45, 7) is 0.775. The van der Waals surface area contributed by atoms with Crippen LogP contribution in [-0.4, -0.2) is 11.0 Å². The normalized spacial score (nSPS) is 14.2. The lowest BCUT2D eigenvalue weighted by Crippen LogP contribution is -2.16. The number of rotatable bonds is 6. The minimum atomic E-state index is -0.389. The molecule has 0 saturated heterocycles. The Balaban J connectivity index is 1.63. The number of nitrogens with zero attached hydrogens (tertiary/aromatic N) is 1. The zero-order valence-corrected chi connectivity index (χ0v) is 12.2. The molecule has 110 valence electrons. The van der Waals surface area contributed by atoms with E-state index < -0.39 is 0 Å². The van der Waals surface area contributed by atoms with Crippen molar-refractivity contribution in [1.29, 1.82) is 0 Å². The summed E-state index contributed by atoms with van der Waals surface area (Å²) < 4.78 is 19.7. The molecule has 5 heteroatoms. The molecule has 0 radical (unpaired) electrons. The highest BCUT2D eigenvalue weighted by Gasteiger charge is 2.21. The van der Waals surface area contributed by atoms with Crippen molar-refractivity contribution in [3.63, 3.8) is 0 Å². The maximum Gasteiger partial charge on any atom is 0.251 e. The van der Waals surface area contributed by atoms with Crippen LogP contribution in [0.2, 0.25) is 5.02 Å². The third-order valence-electron chi connectivity index (χ3n) is 3.38. The molecular formula is C16H16ClFN2O. The minimum Gasteiger partial charge on any atom is -0.471 e. The maximum absolute atomic E-state index is 14.3. The first-order valence-corrected chi connectivity index (χ1v) is 7.34. The molecule has 0 aliphatic heterocycles.